The Morgan fingerprint density at radius 2 is 1.03 bits per heavy atom. The van der Waals surface area contributed by atoms with Gasteiger partial charge in [-0.05, 0) is 43.3 Å². The van der Waals surface area contributed by atoms with Crippen LogP contribution in [0.25, 0.3) is 0 Å². The van der Waals surface area contributed by atoms with E-state index in [4.69, 9.17) is 9.47 Å². The highest BCUT2D eigenvalue weighted by Gasteiger charge is 2.01. The number of nitro groups is 1. The van der Waals surface area contributed by atoms with Crippen LogP contribution in [-0.2, 0) is 0 Å². The first-order valence-corrected chi connectivity index (χ1v) is 9.37. The van der Waals surface area contributed by atoms with E-state index in [9.17, 15) is 10.1 Å². The molecule has 0 fully saturated rings. The summed E-state index contributed by atoms with van der Waals surface area (Å²) in [7, 11) is 0. The molecule has 4 aromatic rings. The van der Waals surface area contributed by atoms with Gasteiger partial charge in [0, 0.05) is 18.2 Å². The number of nitrogens with zero attached hydrogens (tertiary/aromatic N) is 1. The van der Waals surface area contributed by atoms with Gasteiger partial charge in [-0.2, -0.15) is 0 Å². The van der Waals surface area contributed by atoms with E-state index < -0.39 is 4.92 Å². The van der Waals surface area contributed by atoms with E-state index in [1.54, 1.807) is 12.1 Å². The first-order chi connectivity index (χ1) is 14.6. The lowest BCUT2D eigenvalue weighted by atomic mass is 10.2. The summed E-state index contributed by atoms with van der Waals surface area (Å²) >= 11 is 0. The molecule has 30 heavy (non-hydrogen) atoms. The van der Waals surface area contributed by atoms with Gasteiger partial charge in [0.15, 0.2) is 0 Å². The van der Waals surface area contributed by atoms with Gasteiger partial charge in [-0.3, -0.25) is 10.1 Å². The maximum absolute atomic E-state index is 10.1. The second kappa shape index (κ2) is 10.4. The lowest BCUT2D eigenvalue weighted by molar-refractivity contribution is -0.384. The number of hydrogen-bond donors (Lipinski definition) is 0. The van der Waals surface area contributed by atoms with Gasteiger partial charge in [-0.25, -0.2) is 0 Å². The molecule has 150 valence electrons. The van der Waals surface area contributed by atoms with Crippen LogP contribution in [0.1, 0.15) is 5.56 Å². The Morgan fingerprint density at radius 1 is 0.600 bits per heavy atom. The molecule has 5 heteroatoms. The summed E-state index contributed by atoms with van der Waals surface area (Å²) in [6.07, 6.45) is 0. The monoisotopic (exact) mass is 399 g/mol. The van der Waals surface area contributed by atoms with Crippen molar-refractivity contribution in [2.24, 2.45) is 0 Å². The van der Waals surface area contributed by atoms with Gasteiger partial charge in [0.25, 0.3) is 5.69 Å². The van der Waals surface area contributed by atoms with Crippen LogP contribution in [0.2, 0.25) is 0 Å². The zero-order valence-electron chi connectivity index (χ0n) is 16.5. The van der Waals surface area contributed by atoms with Crippen LogP contribution in [0.5, 0.6) is 23.0 Å². The molecule has 4 aromatic carbocycles. The van der Waals surface area contributed by atoms with E-state index in [1.165, 1.54) is 12.1 Å². The normalized spacial score (nSPS) is 9.77. The third-order valence-electron chi connectivity index (χ3n) is 4.01. The molecule has 0 aromatic heterocycles. The molecule has 0 radical (unpaired) electrons. The molecule has 4 rings (SSSR count). The molecule has 5 nitrogen and oxygen atoms in total. The van der Waals surface area contributed by atoms with Gasteiger partial charge < -0.3 is 9.47 Å². The van der Waals surface area contributed by atoms with Gasteiger partial charge in [-0.15, -0.1) is 0 Å². The largest absolute Gasteiger partial charge is 0.457 e. The molecule has 0 aliphatic heterocycles. The summed E-state index contributed by atoms with van der Waals surface area (Å²) in [5.41, 5.74) is 1.18. The van der Waals surface area contributed by atoms with Crippen molar-refractivity contribution < 1.29 is 14.4 Å². The molecule has 0 N–H and O–H groups in total. The highest BCUT2D eigenvalue weighted by atomic mass is 16.6. The maximum Gasteiger partial charge on any atom is 0.269 e. The zero-order chi connectivity index (χ0) is 21.2. The van der Waals surface area contributed by atoms with Crippen molar-refractivity contribution >= 4 is 5.69 Å². The van der Waals surface area contributed by atoms with Crippen LogP contribution in [0.15, 0.2) is 109 Å². The topological polar surface area (TPSA) is 61.6 Å². The molecular formula is C25H21NO4. The lowest BCUT2D eigenvalue weighted by Gasteiger charge is -2.08. The molecule has 0 heterocycles. The van der Waals surface area contributed by atoms with Crippen LogP contribution in [0, 0.1) is 17.0 Å². The van der Waals surface area contributed by atoms with E-state index in [1.807, 2.05) is 91.9 Å². The van der Waals surface area contributed by atoms with Crippen molar-refractivity contribution in [3.8, 4) is 23.0 Å². The predicted molar refractivity (Wildman–Crippen MR) is 117 cm³/mol. The highest BCUT2D eigenvalue weighted by molar-refractivity contribution is 5.39. The minimum Gasteiger partial charge on any atom is -0.457 e. The molecule has 0 aliphatic rings. The number of ether oxygens (including phenoxy) is 2. The Labute approximate surface area is 175 Å². The van der Waals surface area contributed by atoms with Crippen LogP contribution in [-0.4, -0.2) is 4.92 Å². The molecule has 0 spiro atoms. The second-order valence-electron chi connectivity index (χ2n) is 6.40. The summed E-state index contributed by atoms with van der Waals surface area (Å²) in [4.78, 5) is 9.71. The van der Waals surface area contributed by atoms with Crippen LogP contribution in [0.4, 0.5) is 5.69 Å². The van der Waals surface area contributed by atoms with Gasteiger partial charge in [0.2, 0.25) is 0 Å². The SMILES string of the molecule is Cc1ccc([N+](=O)[O-])cc1.c1ccc(Oc2cccc(Oc3ccccc3)c2)cc1. The first-order valence-electron chi connectivity index (χ1n) is 9.37. The van der Waals surface area contributed by atoms with E-state index in [0.717, 1.165) is 28.6 Å². The van der Waals surface area contributed by atoms with Gasteiger partial charge in [0.05, 0.1) is 4.92 Å². The molecule has 0 saturated heterocycles. The Hall–Kier alpha value is -4.12. The highest BCUT2D eigenvalue weighted by Crippen LogP contribution is 2.27. The van der Waals surface area contributed by atoms with Crippen molar-refractivity contribution in [3.63, 3.8) is 0 Å². The predicted octanol–water partition coefficient (Wildman–Crippen LogP) is 7.17. The van der Waals surface area contributed by atoms with Gasteiger partial charge >= 0.3 is 0 Å². The smallest absolute Gasteiger partial charge is 0.269 e. The summed E-state index contributed by atoms with van der Waals surface area (Å²) in [5, 5.41) is 10.1. The van der Waals surface area contributed by atoms with Crippen LogP contribution < -0.4 is 9.47 Å². The van der Waals surface area contributed by atoms with E-state index in [0.29, 0.717) is 0 Å². The van der Waals surface area contributed by atoms with E-state index >= 15 is 0 Å². The lowest BCUT2D eigenvalue weighted by Crippen LogP contribution is -1.86. The number of hydrogen-bond acceptors (Lipinski definition) is 4. The molecule has 0 atom stereocenters. The fourth-order valence-electron chi connectivity index (χ4n) is 2.52. The summed E-state index contributed by atoms with van der Waals surface area (Å²) in [6, 6.07) is 33.4. The molecule has 0 amide bonds. The number of non-ortho nitro benzene ring substituents is 1. The third kappa shape index (κ3) is 6.49. The van der Waals surface area contributed by atoms with Gasteiger partial charge in [-0.1, -0.05) is 60.2 Å². The van der Waals surface area contributed by atoms with Crippen molar-refractivity contribution in [2.75, 3.05) is 0 Å². The van der Waals surface area contributed by atoms with Crippen molar-refractivity contribution in [1.82, 2.24) is 0 Å². The molecule has 0 saturated carbocycles. The Bertz CT molecular complexity index is 1010. The van der Waals surface area contributed by atoms with Crippen molar-refractivity contribution in [2.45, 2.75) is 6.92 Å². The number of benzene rings is 4. The minimum absolute atomic E-state index is 0.144. The Kier molecular flexibility index (Phi) is 7.17. The number of aryl methyl sites for hydroxylation is 1. The fraction of sp³-hybridized carbons (Fsp3) is 0.0400. The van der Waals surface area contributed by atoms with Crippen molar-refractivity contribution in [3.05, 3.63) is 125 Å². The number of para-hydroxylation sites is 2. The second-order valence-corrected chi connectivity index (χ2v) is 6.40. The standard InChI is InChI=1S/C18H14O2.C7H7NO2/c1-3-8-15(9-4-1)19-17-12-7-13-18(14-17)20-16-10-5-2-6-11-16;1-6-2-4-7(5-3-6)8(9)10/h1-14H;2-5H,1H3. The molecule has 0 bridgehead atoms. The average Bonchev–Trinajstić information content (AvgIpc) is 2.76. The Morgan fingerprint density at radius 3 is 1.47 bits per heavy atom. The summed E-state index contributed by atoms with van der Waals surface area (Å²) in [6.45, 7) is 1.89. The first kappa shape index (κ1) is 20.6. The Balaban J connectivity index is 0.000000216. The zero-order valence-corrected chi connectivity index (χ0v) is 16.5. The molecule has 0 aliphatic carbocycles. The van der Waals surface area contributed by atoms with E-state index in [-0.39, 0.29) is 5.69 Å². The van der Waals surface area contributed by atoms with Gasteiger partial charge in [0.1, 0.15) is 23.0 Å². The number of nitro benzene ring substituents is 1. The van der Waals surface area contributed by atoms with Crippen LogP contribution >= 0.6 is 0 Å². The maximum atomic E-state index is 10.1. The third-order valence-corrected chi connectivity index (χ3v) is 4.01. The molecular weight excluding hydrogens is 378 g/mol. The van der Waals surface area contributed by atoms with Crippen molar-refractivity contribution in [1.29, 1.82) is 0 Å². The molecule has 0 unspecified atom stereocenters. The quantitative estimate of drug-likeness (QED) is 0.263. The summed E-state index contributed by atoms with van der Waals surface area (Å²) < 4.78 is 11.6. The van der Waals surface area contributed by atoms with E-state index in [2.05, 4.69) is 0 Å². The van der Waals surface area contributed by atoms with Crippen LogP contribution in [0.3, 0.4) is 0 Å². The summed E-state index contributed by atoms with van der Waals surface area (Å²) in [5.74, 6) is 3.13. The minimum atomic E-state index is -0.403. The number of rotatable bonds is 5. The average molecular weight is 399 g/mol. The fourth-order valence-corrected chi connectivity index (χ4v) is 2.52.